The van der Waals surface area contributed by atoms with Crippen LogP contribution in [-0.2, 0) is 4.74 Å². The summed E-state index contributed by atoms with van der Waals surface area (Å²) in [6.07, 6.45) is 0. The van der Waals surface area contributed by atoms with Gasteiger partial charge in [0.2, 0.25) is 0 Å². The number of fused-ring (bicyclic) bond motifs is 1. The number of carbonyl (C=O) groups is 3. The molecule has 1 aliphatic rings. The molecule has 5 nitrogen and oxygen atoms in total. The lowest BCUT2D eigenvalue weighted by Gasteiger charge is -2.14. The molecule has 0 saturated heterocycles. The first-order valence-electron chi connectivity index (χ1n) is 7.17. The Balaban J connectivity index is 1.67. The number of imide groups is 1. The Labute approximate surface area is 158 Å². The zero-order valence-electron chi connectivity index (χ0n) is 12.6. The fourth-order valence-electron chi connectivity index (χ4n) is 2.46. The smallest absolute Gasteiger partial charge is 0.341 e. The summed E-state index contributed by atoms with van der Waals surface area (Å²) in [5.41, 5.74) is 0.609. The Hall–Kier alpha value is -2.08. The number of hydrogen-bond donors (Lipinski definition) is 0. The summed E-state index contributed by atoms with van der Waals surface area (Å²) < 4.78 is 5.09. The number of nitrogens with zero attached hydrogens (tertiary/aromatic N) is 1. The van der Waals surface area contributed by atoms with Crippen LogP contribution in [0.3, 0.4) is 0 Å². The van der Waals surface area contributed by atoms with Crippen LogP contribution in [-0.4, -0.2) is 35.8 Å². The molecule has 0 spiro atoms. The lowest BCUT2D eigenvalue weighted by molar-refractivity contribution is 0.0420. The molecule has 0 saturated carbocycles. The second kappa shape index (κ2) is 7.04. The Kier molecular flexibility index (Phi) is 4.99. The summed E-state index contributed by atoms with van der Waals surface area (Å²) in [6.45, 7) is -0.267. The van der Waals surface area contributed by atoms with Crippen molar-refractivity contribution in [2.24, 2.45) is 0 Å². The number of hydrogen-bond acceptors (Lipinski definition) is 4. The molecule has 0 unspecified atom stereocenters. The summed E-state index contributed by atoms with van der Waals surface area (Å²) in [7, 11) is 0. The van der Waals surface area contributed by atoms with E-state index in [2.05, 4.69) is 0 Å². The number of benzene rings is 2. The van der Waals surface area contributed by atoms with Gasteiger partial charge in [-0.2, -0.15) is 0 Å². The Morgan fingerprint density at radius 3 is 2.08 bits per heavy atom. The van der Waals surface area contributed by atoms with E-state index in [-0.39, 0.29) is 33.8 Å². The summed E-state index contributed by atoms with van der Waals surface area (Å²) in [4.78, 5) is 37.6. The molecular formula is C17H10Cl3NO4. The Morgan fingerprint density at radius 2 is 1.48 bits per heavy atom. The number of amides is 2. The monoisotopic (exact) mass is 397 g/mol. The summed E-state index contributed by atoms with van der Waals surface area (Å²) in [6, 6.07) is 9.39. The molecule has 1 heterocycles. The van der Waals surface area contributed by atoms with E-state index in [1.54, 1.807) is 24.3 Å². The molecule has 1 aliphatic heterocycles. The van der Waals surface area contributed by atoms with Crippen LogP contribution >= 0.6 is 34.8 Å². The fourth-order valence-corrected chi connectivity index (χ4v) is 3.14. The van der Waals surface area contributed by atoms with Crippen LogP contribution in [0.25, 0.3) is 0 Å². The highest BCUT2D eigenvalue weighted by molar-refractivity contribution is 6.46. The van der Waals surface area contributed by atoms with Crippen molar-refractivity contribution in [1.82, 2.24) is 4.90 Å². The van der Waals surface area contributed by atoms with Gasteiger partial charge >= 0.3 is 5.97 Å². The lowest BCUT2D eigenvalue weighted by Crippen LogP contribution is -2.33. The van der Waals surface area contributed by atoms with E-state index >= 15 is 0 Å². The molecular weight excluding hydrogens is 389 g/mol. The predicted octanol–water partition coefficient (Wildman–Crippen LogP) is 4.10. The maximum absolute atomic E-state index is 12.2. The minimum atomic E-state index is -0.783. The average molecular weight is 399 g/mol. The largest absolute Gasteiger partial charge is 0.460 e. The normalized spacial score (nSPS) is 13.2. The Morgan fingerprint density at radius 1 is 0.920 bits per heavy atom. The van der Waals surface area contributed by atoms with E-state index in [0.717, 1.165) is 4.90 Å². The van der Waals surface area contributed by atoms with Crippen molar-refractivity contribution in [3.63, 3.8) is 0 Å². The van der Waals surface area contributed by atoms with Crippen LogP contribution in [0.2, 0.25) is 15.1 Å². The van der Waals surface area contributed by atoms with Gasteiger partial charge in [-0.25, -0.2) is 4.79 Å². The molecule has 0 atom stereocenters. The van der Waals surface area contributed by atoms with Crippen molar-refractivity contribution >= 4 is 52.6 Å². The zero-order valence-corrected chi connectivity index (χ0v) is 14.9. The molecule has 25 heavy (non-hydrogen) atoms. The molecule has 0 N–H and O–H groups in total. The maximum atomic E-state index is 12.2. The van der Waals surface area contributed by atoms with Crippen molar-refractivity contribution in [2.75, 3.05) is 13.2 Å². The highest BCUT2D eigenvalue weighted by Gasteiger charge is 2.35. The number of carbonyl (C=O) groups excluding carboxylic acids is 3. The molecule has 2 amide bonds. The number of rotatable bonds is 4. The molecule has 3 rings (SSSR count). The van der Waals surface area contributed by atoms with Crippen molar-refractivity contribution < 1.29 is 19.1 Å². The zero-order chi connectivity index (χ0) is 18.1. The number of ether oxygens (including phenoxy) is 1. The third-order valence-corrected chi connectivity index (χ3v) is 4.79. The number of halogens is 3. The van der Waals surface area contributed by atoms with E-state index in [1.807, 2.05) is 0 Å². The van der Waals surface area contributed by atoms with E-state index in [1.165, 1.54) is 12.1 Å². The van der Waals surface area contributed by atoms with Gasteiger partial charge in [0.1, 0.15) is 6.61 Å². The highest BCUT2D eigenvalue weighted by atomic mass is 35.5. The fraction of sp³-hybridized carbons (Fsp3) is 0.118. The molecule has 2 aromatic rings. The van der Waals surface area contributed by atoms with Gasteiger partial charge in [-0.3, -0.25) is 14.5 Å². The molecule has 0 bridgehead atoms. The first kappa shape index (κ1) is 17.7. The summed E-state index contributed by atoms with van der Waals surface area (Å²) in [5.74, 6) is -1.62. The average Bonchev–Trinajstić information content (AvgIpc) is 2.84. The van der Waals surface area contributed by atoms with Gasteiger partial charge in [0.25, 0.3) is 11.8 Å². The first-order chi connectivity index (χ1) is 11.9. The van der Waals surface area contributed by atoms with Crippen molar-refractivity contribution in [2.45, 2.75) is 0 Å². The van der Waals surface area contributed by atoms with Crippen molar-refractivity contribution in [1.29, 1.82) is 0 Å². The van der Waals surface area contributed by atoms with Gasteiger partial charge < -0.3 is 4.74 Å². The molecule has 2 aromatic carbocycles. The highest BCUT2D eigenvalue weighted by Crippen LogP contribution is 2.32. The van der Waals surface area contributed by atoms with Crippen LogP contribution in [0.15, 0.2) is 36.4 Å². The maximum Gasteiger partial charge on any atom is 0.341 e. The molecule has 0 radical (unpaired) electrons. The Bertz CT molecular complexity index is 862. The van der Waals surface area contributed by atoms with Gasteiger partial charge in [0.05, 0.1) is 38.3 Å². The molecule has 0 aromatic heterocycles. The molecule has 128 valence electrons. The second-order valence-corrected chi connectivity index (χ2v) is 6.35. The third kappa shape index (κ3) is 3.23. The quantitative estimate of drug-likeness (QED) is 0.442. The first-order valence-corrected chi connectivity index (χ1v) is 8.31. The van der Waals surface area contributed by atoms with Gasteiger partial charge in [-0.05, 0) is 24.3 Å². The van der Waals surface area contributed by atoms with Crippen molar-refractivity contribution in [3.8, 4) is 0 Å². The summed E-state index contributed by atoms with van der Waals surface area (Å²) in [5, 5.41) is 0.249. The minimum Gasteiger partial charge on any atom is -0.460 e. The topological polar surface area (TPSA) is 63.7 Å². The van der Waals surface area contributed by atoms with Crippen LogP contribution < -0.4 is 0 Å². The van der Waals surface area contributed by atoms with Crippen LogP contribution in [0.4, 0.5) is 0 Å². The van der Waals surface area contributed by atoms with Crippen LogP contribution in [0.5, 0.6) is 0 Å². The second-order valence-electron chi connectivity index (χ2n) is 5.16. The molecule has 8 heteroatoms. The van der Waals surface area contributed by atoms with Gasteiger partial charge in [0, 0.05) is 0 Å². The van der Waals surface area contributed by atoms with E-state index in [4.69, 9.17) is 39.5 Å². The molecule has 0 aliphatic carbocycles. The third-order valence-electron chi connectivity index (χ3n) is 3.67. The van der Waals surface area contributed by atoms with E-state index in [0.29, 0.717) is 11.1 Å². The van der Waals surface area contributed by atoms with Crippen molar-refractivity contribution in [3.05, 3.63) is 68.2 Å². The van der Waals surface area contributed by atoms with Crippen LogP contribution in [0, 0.1) is 0 Å². The van der Waals surface area contributed by atoms with Gasteiger partial charge in [-0.1, -0.05) is 46.9 Å². The lowest BCUT2D eigenvalue weighted by atomic mass is 10.1. The minimum absolute atomic E-state index is 0.0140. The standard InChI is InChI=1S/C17H10Cl3NO4/c18-11-5-6-12(19)14(20)13(11)17(24)25-8-7-21-15(22)9-3-1-2-4-10(9)16(21)23/h1-6H,7-8H2. The molecule has 0 fully saturated rings. The van der Waals surface area contributed by atoms with Gasteiger partial charge in [-0.15, -0.1) is 0 Å². The van der Waals surface area contributed by atoms with E-state index in [9.17, 15) is 14.4 Å². The van der Waals surface area contributed by atoms with Crippen LogP contribution in [0.1, 0.15) is 31.1 Å². The van der Waals surface area contributed by atoms with E-state index < -0.39 is 17.8 Å². The SMILES string of the molecule is O=C(OCCN1C(=O)c2ccccc2C1=O)c1c(Cl)ccc(Cl)c1Cl. The van der Waals surface area contributed by atoms with Gasteiger partial charge in [0.15, 0.2) is 0 Å². The predicted molar refractivity (Wildman–Crippen MR) is 93.6 cm³/mol. The number of esters is 1. The summed E-state index contributed by atoms with van der Waals surface area (Å²) >= 11 is 17.8.